The van der Waals surface area contributed by atoms with Gasteiger partial charge >= 0.3 is 0 Å². The van der Waals surface area contributed by atoms with Gasteiger partial charge in [0.15, 0.2) is 0 Å². The van der Waals surface area contributed by atoms with Gasteiger partial charge in [-0.1, -0.05) is 0 Å². The molecule has 0 heterocycles. The summed E-state index contributed by atoms with van der Waals surface area (Å²) in [6.45, 7) is 0. The van der Waals surface area contributed by atoms with Crippen LogP contribution in [0.25, 0.3) is 0 Å². The van der Waals surface area contributed by atoms with Gasteiger partial charge in [-0.2, -0.15) is 5.26 Å². The number of rotatable bonds is 3. The van der Waals surface area contributed by atoms with Crippen LogP contribution in [0.15, 0.2) is 24.3 Å². The maximum Gasteiger partial charge on any atom is 0.251 e. The Morgan fingerprint density at radius 1 is 1.41 bits per heavy atom. The molecular weight excluding hydrogens is 216 g/mol. The van der Waals surface area contributed by atoms with Gasteiger partial charge in [-0.3, -0.25) is 4.79 Å². The SMILES string of the molecule is COC1CC(NC(=O)c2ccc(C#N)cc2)C1. The minimum atomic E-state index is -0.0888. The van der Waals surface area contributed by atoms with Crippen LogP contribution in [0.2, 0.25) is 0 Å². The molecule has 1 aromatic rings. The highest BCUT2D eigenvalue weighted by Gasteiger charge is 2.30. The zero-order chi connectivity index (χ0) is 12.3. The Kier molecular flexibility index (Phi) is 3.40. The van der Waals surface area contributed by atoms with Crippen LogP contribution in [0.5, 0.6) is 0 Å². The fourth-order valence-electron chi connectivity index (χ4n) is 1.84. The topological polar surface area (TPSA) is 62.1 Å². The lowest BCUT2D eigenvalue weighted by atomic mass is 9.89. The molecule has 0 saturated heterocycles. The number of nitriles is 1. The van der Waals surface area contributed by atoms with Crippen molar-refractivity contribution in [2.24, 2.45) is 0 Å². The van der Waals surface area contributed by atoms with Crippen molar-refractivity contribution >= 4 is 5.91 Å². The van der Waals surface area contributed by atoms with E-state index in [0.29, 0.717) is 11.1 Å². The van der Waals surface area contributed by atoms with Gasteiger partial charge in [-0.05, 0) is 37.1 Å². The molecule has 0 spiro atoms. The molecule has 1 aliphatic rings. The van der Waals surface area contributed by atoms with E-state index in [1.165, 1.54) is 0 Å². The van der Waals surface area contributed by atoms with E-state index >= 15 is 0 Å². The average molecular weight is 230 g/mol. The van der Waals surface area contributed by atoms with E-state index in [4.69, 9.17) is 10.00 Å². The highest BCUT2D eigenvalue weighted by atomic mass is 16.5. The van der Waals surface area contributed by atoms with Crippen LogP contribution >= 0.6 is 0 Å². The van der Waals surface area contributed by atoms with Crippen molar-refractivity contribution in [1.82, 2.24) is 5.32 Å². The van der Waals surface area contributed by atoms with Gasteiger partial charge in [-0.15, -0.1) is 0 Å². The first kappa shape index (κ1) is 11.6. The first-order valence-electron chi connectivity index (χ1n) is 5.56. The predicted octanol–water partition coefficient (Wildman–Crippen LogP) is 1.47. The van der Waals surface area contributed by atoms with Gasteiger partial charge < -0.3 is 10.1 Å². The van der Waals surface area contributed by atoms with E-state index in [2.05, 4.69) is 5.32 Å². The maximum absolute atomic E-state index is 11.8. The summed E-state index contributed by atoms with van der Waals surface area (Å²) in [6, 6.07) is 8.86. The lowest BCUT2D eigenvalue weighted by Crippen LogP contribution is -2.47. The van der Waals surface area contributed by atoms with Crippen LogP contribution in [0.1, 0.15) is 28.8 Å². The fourth-order valence-corrected chi connectivity index (χ4v) is 1.84. The first-order valence-corrected chi connectivity index (χ1v) is 5.56. The molecule has 1 fully saturated rings. The van der Waals surface area contributed by atoms with E-state index in [0.717, 1.165) is 12.8 Å². The van der Waals surface area contributed by atoms with Gasteiger partial charge in [0, 0.05) is 18.7 Å². The van der Waals surface area contributed by atoms with Crippen molar-refractivity contribution < 1.29 is 9.53 Å². The number of methoxy groups -OCH3 is 1. The van der Waals surface area contributed by atoms with Gasteiger partial charge in [0.1, 0.15) is 0 Å². The molecule has 4 heteroatoms. The first-order chi connectivity index (χ1) is 8.22. The molecule has 0 bridgehead atoms. The van der Waals surface area contributed by atoms with Crippen LogP contribution in [-0.4, -0.2) is 25.2 Å². The number of carbonyl (C=O) groups is 1. The van der Waals surface area contributed by atoms with E-state index in [9.17, 15) is 4.79 Å². The number of hydrogen-bond donors (Lipinski definition) is 1. The number of amides is 1. The van der Waals surface area contributed by atoms with Crippen molar-refractivity contribution in [3.8, 4) is 6.07 Å². The Morgan fingerprint density at radius 3 is 2.59 bits per heavy atom. The summed E-state index contributed by atoms with van der Waals surface area (Å²) in [7, 11) is 1.68. The Morgan fingerprint density at radius 2 is 2.06 bits per heavy atom. The quantitative estimate of drug-likeness (QED) is 0.855. The van der Waals surface area contributed by atoms with Crippen LogP contribution in [0, 0.1) is 11.3 Å². The lowest BCUT2D eigenvalue weighted by Gasteiger charge is -2.34. The number of nitrogens with one attached hydrogen (secondary N) is 1. The minimum Gasteiger partial charge on any atom is -0.381 e. The Hall–Kier alpha value is -1.86. The zero-order valence-corrected chi connectivity index (χ0v) is 9.64. The summed E-state index contributed by atoms with van der Waals surface area (Å²) in [4.78, 5) is 11.8. The van der Waals surface area contributed by atoms with Gasteiger partial charge in [0.25, 0.3) is 5.91 Å². The monoisotopic (exact) mass is 230 g/mol. The predicted molar refractivity (Wildman–Crippen MR) is 62.4 cm³/mol. The zero-order valence-electron chi connectivity index (χ0n) is 9.64. The Labute approximate surface area is 100 Å². The van der Waals surface area contributed by atoms with Crippen LogP contribution in [0.3, 0.4) is 0 Å². The van der Waals surface area contributed by atoms with Gasteiger partial charge in [0.05, 0.1) is 17.7 Å². The summed E-state index contributed by atoms with van der Waals surface area (Å²) in [5.41, 5.74) is 1.15. The largest absolute Gasteiger partial charge is 0.381 e. The number of benzene rings is 1. The maximum atomic E-state index is 11.8. The molecule has 1 aromatic carbocycles. The number of nitrogens with zero attached hydrogens (tertiary/aromatic N) is 1. The molecular formula is C13H14N2O2. The molecule has 0 aromatic heterocycles. The van der Waals surface area contributed by atoms with E-state index in [1.807, 2.05) is 6.07 Å². The third-order valence-electron chi connectivity index (χ3n) is 3.04. The van der Waals surface area contributed by atoms with Crippen molar-refractivity contribution in [2.45, 2.75) is 25.0 Å². The smallest absolute Gasteiger partial charge is 0.251 e. The van der Waals surface area contributed by atoms with Crippen molar-refractivity contribution in [2.75, 3.05) is 7.11 Å². The number of ether oxygens (including phenoxy) is 1. The van der Waals surface area contributed by atoms with Gasteiger partial charge in [-0.25, -0.2) is 0 Å². The molecule has 4 nitrogen and oxygen atoms in total. The molecule has 2 rings (SSSR count). The molecule has 1 amide bonds. The second-order valence-corrected chi connectivity index (χ2v) is 4.19. The second-order valence-electron chi connectivity index (χ2n) is 4.19. The molecule has 1 saturated carbocycles. The Bertz CT molecular complexity index is 441. The summed E-state index contributed by atoms with van der Waals surface area (Å²) >= 11 is 0. The molecule has 17 heavy (non-hydrogen) atoms. The number of carbonyl (C=O) groups excluding carboxylic acids is 1. The molecule has 0 aliphatic heterocycles. The standard InChI is InChI=1S/C13H14N2O2/c1-17-12-6-11(7-12)15-13(16)10-4-2-9(8-14)3-5-10/h2-5,11-12H,6-7H2,1H3,(H,15,16). The highest BCUT2D eigenvalue weighted by molar-refractivity contribution is 5.94. The fraction of sp³-hybridized carbons (Fsp3) is 0.385. The molecule has 0 atom stereocenters. The van der Waals surface area contributed by atoms with Crippen molar-refractivity contribution in [3.63, 3.8) is 0 Å². The van der Waals surface area contributed by atoms with Crippen LogP contribution in [0.4, 0.5) is 0 Å². The molecule has 1 aliphatic carbocycles. The van der Waals surface area contributed by atoms with Gasteiger partial charge in [0.2, 0.25) is 0 Å². The normalized spacial score (nSPS) is 22.4. The second kappa shape index (κ2) is 4.98. The molecule has 88 valence electrons. The average Bonchev–Trinajstić information content (AvgIpc) is 2.33. The van der Waals surface area contributed by atoms with E-state index in [-0.39, 0.29) is 18.1 Å². The molecule has 1 N–H and O–H groups in total. The Balaban J connectivity index is 1.90. The third kappa shape index (κ3) is 2.63. The third-order valence-corrected chi connectivity index (χ3v) is 3.04. The highest BCUT2D eigenvalue weighted by Crippen LogP contribution is 2.22. The van der Waals surface area contributed by atoms with Crippen molar-refractivity contribution in [3.05, 3.63) is 35.4 Å². The van der Waals surface area contributed by atoms with E-state index < -0.39 is 0 Å². The summed E-state index contributed by atoms with van der Waals surface area (Å²) < 4.78 is 5.15. The lowest BCUT2D eigenvalue weighted by molar-refractivity contribution is 0.0176. The number of hydrogen-bond acceptors (Lipinski definition) is 3. The van der Waals surface area contributed by atoms with Crippen LogP contribution in [-0.2, 0) is 4.74 Å². The van der Waals surface area contributed by atoms with E-state index in [1.54, 1.807) is 31.4 Å². The summed E-state index contributed by atoms with van der Waals surface area (Å²) in [5, 5.41) is 11.6. The van der Waals surface area contributed by atoms with Crippen molar-refractivity contribution in [1.29, 1.82) is 5.26 Å². The van der Waals surface area contributed by atoms with Crippen LogP contribution < -0.4 is 5.32 Å². The molecule has 0 radical (unpaired) electrons. The summed E-state index contributed by atoms with van der Waals surface area (Å²) in [5.74, 6) is -0.0888. The minimum absolute atomic E-state index is 0.0888. The summed E-state index contributed by atoms with van der Waals surface area (Å²) in [6.07, 6.45) is 2.03. The molecule has 0 unspecified atom stereocenters.